The van der Waals surface area contributed by atoms with Crippen molar-refractivity contribution in [1.82, 2.24) is 0 Å². The number of aromatic hydroxyl groups is 1. The molecule has 28 heavy (non-hydrogen) atoms. The number of carbonyl (C=O) groups excluding carboxylic acids is 2. The molecule has 4 aliphatic rings. The summed E-state index contributed by atoms with van der Waals surface area (Å²) in [4.78, 5) is 25.0. The van der Waals surface area contributed by atoms with E-state index in [-0.39, 0.29) is 41.1 Å². The first kappa shape index (κ1) is 18.1. The fourth-order valence-electron chi connectivity index (χ4n) is 6.82. The van der Waals surface area contributed by atoms with E-state index in [0.29, 0.717) is 31.5 Å². The number of allylic oxidation sites excluding steroid dienone is 1. The molecule has 2 saturated carbocycles. The summed E-state index contributed by atoms with van der Waals surface area (Å²) in [6.45, 7) is 2.13. The van der Waals surface area contributed by atoms with Crippen molar-refractivity contribution >= 4 is 11.6 Å². The van der Waals surface area contributed by atoms with Gasteiger partial charge in [-0.05, 0) is 55.7 Å². The van der Waals surface area contributed by atoms with Crippen LogP contribution < -0.4 is 0 Å². The highest BCUT2D eigenvalue weighted by molar-refractivity contribution is 5.88. The summed E-state index contributed by atoms with van der Waals surface area (Å²) in [6.07, 6.45) is 5.25. The van der Waals surface area contributed by atoms with Crippen LogP contribution in [0.15, 0.2) is 35.4 Å². The van der Waals surface area contributed by atoms with E-state index in [1.165, 1.54) is 11.1 Å². The van der Waals surface area contributed by atoms with E-state index < -0.39 is 5.60 Å². The zero-order valence-corrected chi connectivity index (χ0v) is 16.4. The first-order valence-corrected chi connectivity index (χ1v) is 10.6. The molecule has 5 rings (SSSR count). The van der Waals surface area contributed by atoms with Crippen LogP contribution in [0.5, 0.6) is 5.75 Å². The van der Waals surface area contributed by atoms with Crippen molar-refractivity contribution in [3.8, 4) is 5.75 Å². The van der Waals surface area contributed by atoms with Crippen LogP contribution in [0.2, 0.25) is 0 Å². The normalized spacial score (nSPS) is 40.1. The summed E-state index contributed by atoms with van der Waals surface area (Å²) in [5.41, 5.74) is 2.54. The Morgan fingerprint density at radius 3 is 2.46 bits per heavy atom. The van der Waals surface area contributed by atoms with Gasteiger partial charge in [0.25, 0.3) is 0 Å². The molecule has 4 heteroatoms. The largest absolute Gasteiger partial charge is 0.508 e. The van der Waals surface area contributed by atoms with Crippen LogP contribution in [0.3, 0.4) is 0 Å². The van der Waals surface area contributed by atoms with Crippen LogP contribution in [0, 0.1) is 17.3 Å². The molecule has 2 N–H and O–H groups in total. The first-order valence-electron chi connectivity index (χ1n) is 10.6. The molecular formula is C24H28O4. The van der Waals surface area contributed by atoms with E-state index in [0.717, 1.165) is 24.8 Å². The predicted octanol–water partition coefficient (Wildman–Crippen LogP) is 4.06. The minimum atomic E-state index is -0.931. The molecule has 0 saturated heterocycles. The second-order valence-electron chi connectivity index (χ2n) is 9.67. The number of phenolic OH excluding ortho intramolecular Hbond substituents is 1. The zero-order valence-electron chi connectivity index (χ0n) is 16.4. The lowest BCUT2D eigenvalue weighted by molar-refractivity contribution is -0.133. The third-order valence-corrected chi connectivity index (χ3v) is 8.22. The number of benzene rings is 1. The molecule has 0 radical (unpaired) electrons. The van der Waals surface area contributed by atoms with Crippen LogP contribution in [-0.2, 0) is 9.59 Å². The summed E-state index contributed by atoms with van der Waals surface area (Å²) in [6, 6.07) is 7.32. The minimum absolute atomic E-state index is 0.00741. The average molecular weight is 380 g/mol. The molecule has 0 aromatic heterocycles. The van der Waals surface area contributed by atoms with Crippen molar-refractivity contribution in [3.63, 3.8) is 0 Å². The van der Waals surface area contributed by atoms with E-state index in [2.05, 4.69) is 6.92 Å². The molecule has 0 spiro atoms. The van der Waals surface area contributed by atoms with Crippen molar-refractivity contribution in [3.05, 3.63) is 41.0 Å². The zero-order chi connectivity index (χ0) is 19.7. The van der Waals surface area contributed by atoms with Crippen LogP contribution >= 0.6 is 0 Å². The monoisotopic (exact) mass is 380 g/mol. The maximum atomic E-state index is 12.9. The Morgan fingerprint density at radius 1 is 1.00 bits per heavy atom. The fourth-order valence-corrected chi connectivity index (χ4v) is 6.82. The van der Waals surface area contributed by atoms with Crippen molar-refractivity contribution < 1.29 is 19.8 Å². The van der Waals surface area contributed by atoms with E-state index in [1.54, 1.807) is 12.1 Å². The van der Waals surface area contributed by atoms with Crippen LogP contribution in [0.4, 0.5) is 0 Å². The molecular weight excluding hydrogens is 352 g/mol. The smallest absolute Gasteiger partial charge is 0.139 e. The lowest BCUT2D eigenvalue weighted by Crippen LogP contribution is -2.51. The van der Waals surface area contributed by atoms with Gasteiger partial charge in [-0.15, -0.1) is 0 Å². The van der Waals surface area contributed by atoms with Crippen molar-refractivity contribution in [1.29, 1.82) is 0 Å². The number of hydrogen-bond donors (Lipinski definition) is 2. The summed E-state index contributed by atoms with van der Waals surface area (Å²) in [5.74, 6) is 1.13. The number of ketones is 2. The number of rotatable bonds is 1. The van der Waals surface area contributed by atoms with Crippen molar-refractivity contribution in [2.45, 2.75) is 69.8 Å². The molecule has 1 aromatic carbocycles. The van der Waals surface area contributed by atoms with Crippen molar-refractivity contribution in [2.24, 2.45) is 17.3 Å². The number of carbonyl (C=O) groups is 2. The molecule has 148 valence electrons. The molecule has 0 aliphatic heterocycles. The number of fused-ring (bicyclic) bond motifs is 4. The van der Waals surface area contributed by atoms with Gasteiger partial charge in [0.2, 0.25) is 0 Å². The quantitative estimate of drug-likeness (QED) is 0.721. The lowest BCUT2D eigenvalue weighted by atomic mass is 9.52. The summed E-state index contributed by atoms with van der Waals surface area (Å²) in [7, 11) is 0. The topological polar surface area (TPSA) is 74.6 Å². The van der Waals surface area contributed by atoms with Gasteiger partial charge in [0.15, 0.2) is 0 Å². The first-order chi connectivity index (χ1) is 13.3. The molecule has 1 aromatic rings. The second kappa shape index (κ2) is 6.03. The standard InChI is InChI=1S/C24H28O4/c1-23-13-18(14-2-4-15(25)5-3-14)22-17(19(23)8-9-21(23)27)10-11-24(28)12-16(26)6-7-20(22)24/h2-5,18-20,25,28H,6-13H2,1H3/t18-,19+,20-,23+,24-/m1/s1. The molecule has 0 amide bonds. The predicted molar refractivity (Wildman–Crippen MR) is 105 cm³/mol. The summed E-state index contributed by atoms with van der Waals surface area (Å²) in [5, 5.41) is 21.1. The Hall–Kier alpha value is -1.94. The Bertz CT molecular complexity index is 882. The van der Waals surface area contributed by atoms with Crippen LogP contribution in [-0.4, -0.2) is 27.4 Å². The van der Waals surface area contributed by atoms with E-state index in [4.69, 9.17) is 0 Å². The Balaban J connectivity index is 1.67. The Kier molecular flexibility index (Phi) is 3.90. The van der Waals surface area contributed by atoms with Crippen molar-refractivity contribution in [2.75, 3.05) is 0 Å². The third kappa shape index (κ3) is 2.46. The van der Waals surface area contributed by atoms with Gasteiger partial charge in [0.05, 0.1) is 5.60 Å². The maximum Gasteiger partial charge on any atom is 0.139 e. The minimum Gasteiger partial charge on any atom is -0.508 e. The van der Waals surface area contributed by atoms with E-state index >= 15 is 0 Å². The summed E-state index contributed by atoms with van der Waals surface area (Å²) < 4.78 is 0. The Labute approximate surface area is 165 Å². The van der Waals surface area contributed by atoms with E-state index in [9.17, 15) is 19.8 Å². The van der Waals surface area contributed by atoms with E-state index in [1.807, 2.05) is 12.1 Å². The molecule has 0 heterocycles. The highest BCUT2D eigenvalue weighted by atomic mass is 16.3. The summed E-state index contributed by atoms with van der Waals surface area (Å²) >= 11 is 0. The van der Waals surface area contributed by atoms with Gasteiger partial charge < -0.3 is 10.2 Å². The van der Waals surface area contributed by atoms with Gasteiger partial charge in [-0.25, -0.2) is 0 Å². The molecule has 0 bridgehead atoms. The number of Topliss-reactive ketones (excluding diaryl/α,β-unsaturated/α-hetero) is 2. The number of phenols is 1. The highest BCUT2D eigenvalue weighted by Crippen LogP contribution is 2.62. The van der Waals surface area contributed by atoms with Gasteiger partial charge >= 0.3 is 0 Å². The number of hydrogen-bond acceptors (Lipinski definition) is 4. The van der Waals surface area contributed by atoms with Gasteiger partial charge in [0.1, 0.15) is 17.3 Å². The average Bonchev–Trinajstić information content (AvgIpc) is 2.95. The molecule has 0 unspecified atom stereocenters. The highest BCUT2D eigenvalue weighted by Gasteiger charge is 2.57. The number of aliphatic hydroxyl groups is 1. The van der Waals surface area contributed by atoms with Gasteiger partial charge in [0, 0.05) is 36.5 Å². The third-order valence-electron chi connectivity index (χ3n) is 8.22. The fraction of sp³-hybridized carbons (Fsp3) is 0.583. The molecule has 4 nitrogen and oxygen atoms in total. The second-order valence-corrected chi connectivity index (χ2v) is 9.67. The lowest BCUT2D eigenvalue weighted by Gasteiger charge is -2.53. The molecule has 4 aliphatic carbocycles. The maximum absolute atomic E-state index is 12.9. The van der Waals surface area contributed by atoms with Gasteiger partial charge in [-0.1, -0.05) is 30.2 Å². The Morgan fingerprint density at radius 2 is 1.71 bits per heavy atom. The molecule has 2 fully saturated rings. The SMILES string of the molecule is C[C@]12C[C@H](c3ccc(O)cc3)C3=C(CC[C@@]4(O)CC(=O)CC[C@H]34)[C@@H]1CCC2=O. The van der Waals surface area contributed by atoms with Gasteiger partial charge in [-0.3, -0.25) is 9.59 Å². The molecule has 5 atom stereocenters. The van der Waals surface area contributed by atoms with Crippen LogP contribution in [0.25, 0.3) is 0 Å². The van der Waals surface area contributed by atoms with Gasteiger partial charge in [-0.2, -0.15) is 0 Å². The van der Waals surface area contributed by atoms with Crippen LogP contribution in [0.1, 0.15) is 69.8 Å².